The summed E-state index contributed by atoms with van der Waals surface area (Å²) in [6.07, 6.45) is 3.34. The Balaban J connectivity index is 1.99. The van der Waals surface area contributed by atoms with Crippen LogP contribution in [0.1, 0.15) is 56.9 Å². The number of nitrogens with zero attached hydrogens (tertiary/aromatic N) is 1. The highest BCUT2D eigenvalue weighted by atomic mass is 35.5. The molecule has 1 heterocycles. The normalized spacial score (nSPS) is 19.7. The van der Waals surface area contributed by atoms with Crippen LogP contribution in [0.2, 0.25) is 5.02 Å². The van der Waals surface area contributed by atoms with Gasteiger partial charge in [0.1, 0.15) is 12.3 Å². The monoisotopic (exact) mass is 429 g/mol. The van der Waals surface area contributed by atoms with Crippen molar-refractivity contribution in [2.45, 2.75) is 51.4 Å². The second kappa shape index (κ2) is 8.26. The highest BCUT2D eigenvalue weighted by Gasteiger charge is 2.44. The Hall–Kier alpha value is -2.60. The van der Waals surface area contributed by atoms with Crippen molar-refractivity contribution in [3.8, 4) is 5.75 Å². The molecule has 1 aromatic rings. The predicted octanol–water partition coefficient (Wildman–Crippen LogP) is 4.24. The fraction of sp³-hybridized carbons (Fsp3) is 0.435. The molecule has 0 atom stereocenters. The van der Waals surface area contributed by atoms with Crippen molar-refractivity contribution in [2.24, 2.45) is 0 Å². The summed E-state index contributed by atoms with van der Waals surface area (Å²) in [5.41, 5.74) is 3.22. The van der Waals surface area contributed by atoms with E-state index in [0.717, 1.165) is 11.4 Å². The number of halogens is 1. The van der Waals surface area contributed by atoms with Crippen LogP contribution in [-0.4, -0.2) is 40.7 Å². The van der Waals surface area contributed by atoms with Crippen molar-refractivity contribution in [1.29, 1.82) is 0 Å². The SMILES string of the molecule is CCOc1ccc(Cl)cc1C1C2=C(CCCC2=O)N(CC(=O)O)C2=C1C(=O)CCC2. The molecule has 0 radical (unpaired) electrons. The summed E-state index contributed by atoms with van der Waals surface area (Å²) >= 11 is 6.31. The maximum absolute atomic E-state index is 13.1. The molecule has 1 N–H and O–H groups in total. The van der Waals surface area contributed by atoms with Gasteiger partial charge in [-0.25, -0.2) is 0 Å². The third-order valence-electron chi connectivity index (χ3n) is 5.96. The number of carbonyl (C=O) groups is 3. The van der Waals surface area contributed by atoms with Crippen molar-refractivity contribution < 1.29 is 24.2 Å². The Bertz CT molecular complexity index is 949. The van der Waals surface area contributed by atoms with E-state index >= 15 is 0 Å². The highest BCUT2D eigenvalue weighted by molar-refractivity contribution is 6.30. The smallest absolute Gasteiger partial charge is 0.323 e. The van der Waals surface area contributed by atoms with Gasteiger partial charge in [0.05, 0.1) is 6.61 Å². The van der Waals surface area contributed by atoms with Crippen LogP contribution in [0.3, 0.4) is 0 Å². The summed E-state index contributed by atoms with van der Waals surface area (Å²) in [6, 6.07) is 5.26. The first-order valence-electron chi connectivity index (χ1n) is 10.4. The third kappa shape index (κ3) is 3.54. The molecule has 0 aromatic heterocycles. The molecule has 0 fully saturated rings. The molecule has 0 saturated heterocycles. The molecular weight excluding hydrogens is 406 g/mol. The number of rotatable bonds is 5. The number of carbonyl (C=O) groups excluding carboxylic acids is 2. The average molecular weight is 430 g/mol. The second-order valence-corrected chi connectivity index (χ2v) is 8.24. The summed E-state index contributed by atoms with van der Waals surface area (Å²) in [5.74, 6) is -1.04. The zero-order chi connectivity index (χ0) is 21.4. The van der Waals surface area contributed by atoms with E-state index in [1.165, 1.54) is 0 Å². The molecule has 2 aliphatic carbocycles. The van der Waals surface area contributed by atoms with Gasteiger partial charge in [-0.1, -0.05) is 11.6 Å². The third-order valence-corrected chi connectivity index (χ3v) is 6.20. The van der Waals surface area contributed by atoms with Gasteiger partial charge in [-0.3, -0.25) is 14.4 Å². The van der Waals surface area contributed by atoms with Crippen LogP contribution in [0.25, 0.3) is 0 Å². The van der Waals surface area contributed by atoms with Crippen molar-refractivity contribution in [1.82, 2.24) is 4.90 Å². The number of ketones is 2. The second-order valence-electron chi connectivity index (χ2n) is 7.80. The fourth-order valence-electron chi connectivity index (χ4n) is 4.89. The van der Waals surface area contributed by atoms with Crippen molar-refractivity contribution >= 4 is 29.1 Å². The van der Waals surface area contributed by atoms with E-state index < -0.39 is 11.9 Å². The number of ether oxygens (including phenoxy) is 1. The molecule has 3 aliphatic rings. The fourth-order valence-corrected chi connectivity index (χ4v) is 5.07. The zero-order valence-electron chi connectivity index (χ0n) is 16.9. The topological polar surface area (TPSA) is 83.9 Å². The molecule has 158 valence electrons. The first-order chi connectivity index (χ1) is 14.4. The molecule has 7 heteroatoms. The predicted molar refractivity (Wildman–Crippen MR) is 111 cm³/mol. The molecule has 0 amide bonds. The van der Waals surface area contributed by atoms with Gasteiger partial charge < -0.3 is 14.7 Å². The molecule has 1 aromatic carbocycles. The number of benzene rings is 1. The lowest BCUT2D eigenvalue weighted by atomic mass is 9.70. The van der Waals surface area contributed by atoms with Crippen LogP contribution in [0.4, 0.5) is 0 Å². The van der Waals surface area contributed by atoms with Gasteiger partial charge in [0.2, 0.25) is 0 Å². The minimum absolute atomic E-state index is 0.0380. The van der Waals surface area contributed by atoms with Crippen molar-refractivity contribution in [2.75, 3.05) is 13.2 Å². The summed E-state index contributed by atoms with van der Waals surface area (Å²) in [5, 5.41) is 10.0. The number of carboxylic acids is 1. The number of hydrogen-bond acceptors (Lipinski definition) is 5. The molecular formula is C23H24ClNO5. The van der Waals surface area contributed by atoms with E-state index in [1.54, 1.807) is 23.1 Å². The number of allylic oxidation sites excluding steroid dienone is 4. The number of aliphatic carboxylic acids is 1. The van der Waals surface area contributed by atoms with E-state index in [1.807, 2.05) is 6.92 Å². The lowest BCUT2D eigenvalue weighted by molar-refractivity contribution is -0.138. The Labute approximate surface area is 180 Å². The van der Waals surface area contributed by atoms with E-state index in [2.05, 4.69) is 0 Å². The lowest BCUT2D eigenvalue weighted by Crippen LogP contribution is -2.41. The van der Waals surface area contributed by atoms with Crippen molar-refractivity contribution in [3.63, 3.8) is 0 Å². The Morgan fingerprint density at radius 3 is 2.23 bits per heavy atom. The van der Waals surface area contributed by atoms with Gasteiger partial charge in [0.15, 0.2) is 11.6 Å². The Morgan fingerprint density at radius 2 is 1.70 bits per heavy atom. The molecule has 0 unspecified atom stereocenters. The number of Topliss-reactive ketones (excluding diaryl/α,β-unsaturated/α-hetero) is 2. The first-order valence-corrected chi connectivity index (χ1v) is 10.7. The van der Waals surface area contributed by atoms with Gasteiger partial charge in [0, 0.05) is 51.9 Å². The van der Waals surface area contributed by atoms with E-state index in [4.69, 9.17) is 16.3 Å². The van der Waals surface area contributed by atoms with Gasteiger partial charge in [-0.15, -0.1) is 0 Å². The highest BCUT2D eigenvalue weighted by Crippen LogP contribution is 2.51. The average Bonchev–Trinajstić information content (AvgIpc) is 2.70. The molecule has 4 rings (SSSR count). The summed E-state index contributed by atoms with van der Waals surface area (Å²) in [7, 11) is 0. The quantitative estimate of drug-likeness (QED) is 0.753. The molecule has 0 spiro atoms. The Morgan fingerprint density at radius 1 is 1.10 bits per heavy atom. The van der Waals surface area contributed by atoms with Gasteiger partial charge in [-0.05, 0) is 50.8 Å². The zero-order valence-corrected chi connectivity index (χ0v) is 17.6. The lowest BCUT2D eigenvalue weighted by Gasteiger charge is -2.43. The van der Waals surface area contributed by atoms with Crippen LogP contribution in [0.15, 0.2) is 40.7 Å². The molecule has 0 saturated carbocycles. The maximum atomic E-state index is 13.1. The number of hydrogen-bond donors (Lipinski definition) is 1. The first kappa shape index (κ1) is 20.7. The summed E-state index contributed by atoms with van der Waals surface area (Å²) < 4.78 is 5.83. The largest absolute Gasteiger partial charge is 0.494 e. The van der Waals surface area contributed by atoms with E-state index in [0.29, 0.717) is 72.6 Å². The molecule has 30 heavy (non-hydrogen) atoms. The van der Waals surface area contributed by atoms with Crippen LogP contribution >= 0.6 is 11.6 Å². The minimum atomic E-state index is -0.985. The molecule has 6 nitrogen and oxygen atoms in total. The van der Waals surface area contributed by atoms with E-state index in [-0.39, 0.29) is 18.1 Å². The van der Waals surface area contributed by atoms with Gasteiger partial charge >= 0.3 is 5.97 Å². The Kier molecular flexibility index (Phi) is 5.69. The number of carboxylic acid groups (broad SMARTS) is 1. The van der Waals surface area contributed by atoms with Crippen molar-refractivity contribution in [3.05, 3.63) is 51.3 Å². The van der Waals surface area contributed by atoms with Crippen LogP contribution in [0, 0.1) is 0 Å². The van der Waals surface area contributed by atoms with Crippen LogP contribution < -0.4 is 4.74 Å². The minimum Gasteiger partial charge on any atom is -0.494 e. The molecule has 0 bridgehead atoms. The standard InChI is InChI=1S/C23H24ClNO5/c1-2-30-19-10-9-13(24)11-14(19)21-22-15(5-3-7-17(22)26)25(12-20(28)29)16-6-4-8-18(27)23(16)21/h9-11,21H,2-8,12H2,1H3,(H,28,29). The summed E-state index contributed by atoms with van der Waals surface area (Å²) in [4.78, 5) is 39.6. The van der Waals surface area contributed by atoms with Crippen LogP contribution in [0.5, 0.6) is 5.75 Å². The van der Waals surface area contributed by atoms with Crippen LogP contribution in [-0.2, 0) is 14.4 Å². The van der Waals surface area contributed by atoms with E-state index in [9.17, 15) is 19.5 Å². The molecule has 1 aliphatic heterocycles. The van der Waals surface area contributed by atoms with Gasteiger partial charge in [0.25, 0.3) is 0 Å². The van der Waals surface area contributed by atoms with Gasteiger partial charge in [-0.2, -0.15) is 0 Å². The summed E-state index contributed by atoms with van der Waals surface area (Å²) in [6.45, 7) is 2.06. The maximum Gasteiger partial charge on any atom is 0.323 e.